The minimum absolute atomic E-state index is 0.205. The summed E-state index contributed by atoms with van der Waals surface area (Å²) in [4.78, 5) is 4.50. The van der Waals surface area contributed by atoms with Gasteiger partial charge in [-0.1, -0.05) is 54.6 Å². The molecule has 0 radical (unpaired) electrons. The average Bonchev–Trinajstić information content (AvgIpc) is 2.78. The van der Waals surface area contributed by atoms with Crippen LogP contribution in [0.25, 0.3) is 10.9 Å². The van der Waals surface area contributed by atoms with Gasteiger partial charge >= 0.3 is 0 Å². The molecule has 4 heterocycles. The Hall–Kier alpha value is -2.49. The fourth-order valence-electron chi connectivity index (χ4n) is 5.91. The number of pyridine rings is 1. The fraction of sp³-hybridized carbons (Fsp3) is 0.346. The van der Waals surface area contributed by atoms with Gasteiger partial charge in [-0.25, -0.2) is 0 Å². The number of aliphatic hydroxyl groups excluding tert-OH is 1. The molecule has 3 heteroatoms. The molecule has 3 fully saturated rings. The summed E-state index contributed by atoms with van der Waals surface area (Å²) in [6.45, 7) is 7.32. The maximum atomic E-state index is 11.7. The second kappa shape index (κ2) is 7.40. The topological polar surface area (TPSA) is 33.1 Å². The Balaban J connectivity index is 1.56. The lowest BCUT2D eigenvalue weighted by Gasteiger charge is -2.58. The standard InChI is InChI=1S/C26H29N2O/c1-2-20-18-28(17-19-8-4-3-5-9-19)15-13-21(20)16-25(28)26(29)23-12-14-27-24-11-7-6-10-22(23)24/h2-12,14,20-21,25-26,29H,1,13,15-18H2/q+1/t20-,21-,25-,26+,28?/m0/s1. The molecule has 3 saturated heterocycles. The maximum absolute atomic E-state index is 11.7. The molecule has 3 aromatic rings. The minimum atomic E-state index is -0.486. The Morgan fingerprint density at radius 1 is 1.10 bits per heavy atom. The third kappa shape index (κ3) is 3.19. The lowest BCUT2D eigenvalue weighted by Crippen LogP contribution is -2.67. The molecule has 0 spiro atoms. The highest BCUT2D eigenvalue weighted by molar-refractivity contribution is 5.82. The van der Waals surface area contributed by atoms with Gasteiger partial charge in [0.25, 0.3) is 0 Å². The van der Waals surface area contributed by atoms with Crippen LogP contribution >= 0.6 is 0 Å². The van der Waals surface area contributed by atoms with Crippen LogP contribution in [0.5, 0.6) is 0 Å². The molecular formula is C26H29N2O+. The Labute approximate surface area is 172 Å². The van der Waals surface area contributed by atoms with E-state index >= 15 is 0 Å². The van der Waals surface area contributed by atoms with Crippen LogP contribution in [0.4, 0.5) is 0 Å². The number of hydrogen-bond donors (Lipinski definition) is 1. The first kappa shape index (κ1) is 18.5. The number of aliphatic hydroxyl groups is 1. The number of quaternary nitrogens is 1. The lowest BCUT2D eigenvalue weighted by atomic mass is 9.71. The SMILES string of the molecule is C=C[C@H]1C[N+]2(Cc3ccccc3)CC[C@H]1C[C@H]2[C@H](O)c1ccnc2ccccc12. The van der Waals surface area contributed by atoms with Gasteiger partial charge in [0.05, 0.1) is 18.6 Å². The molecule has 0 amide bonds. The Kier molecular flexibility index (Phi) is 4.73. The van der Waals surface area contributed by atoms with E-state index in [1.165, 1.54) is 12.0 Å². The van der Waals surface area contributed by atoms with Crippen molar-refractivity contribution in [2.75, 3.05) is 13.1 Å². The van der Waals surface area contributed by atoms with Crippen molar-refractivity contribution in [3.8, 4) is 0 Å². The highest BCUT2D eigenvalue weighted by Gasteiger charge is 2.53. The van der Waals surface area contributed by atoms with E-state index in [9.17, 15) is 5.11 Å². The quantitative estimate of drug-likeness (QED) is 0.502. The van der Waals surface area contributed by atoms with E-state index < -0.39 is 6.10 Å². The molecule has 5 atom stereocenters. The molecule has 6 rings (SSSR count). The van der Waals surface area contributed by atoms with E-state index in [0.717, 1.165) is 47.0 Å². The van der Waals surface area contributed by atoms with Crippen LogP contribution in [-0.2, 0) is 6.54 Å². The van der Waals surface area contributed by atoms with E-state index in [1.54, 1.807) is 0 Å². The van der Waals surface area contributed by atoms with Crippen molar-refractivity contribution in [1.29, 1.82) is 0 Å². The van der Waals surface area contributed by atoms with Crippen molar-refractivity contribution in [3.63, 3.8) is 0 Å². The lowest BCUT2D eigenvalue weighted by molar-refractivity contribution is -0.984. The summed E-state index contributed by atoms with van der Waals surface area (Å²) < 4.78 is 0.953. The van der Waals surface area contributed by atoms with Crippen LogP contribution in [0.1, 0.15) is 30.1 Å². The number of hydrogen-bond acceptors (Lipinski definition) is 2. The van der Waals surface area contributed by atoms with Crippen LogP contribution < -0.4 is 0 Å². The molecular weight excluding hydrogens is 356 g/mol. The molecule has 29 heavy (non-hydrogen) atoms. The summed E-state index contributed by atoms with van der Waals surface area (Å²) in [5, 5.41) is 12.8. The fourth-order valence-corrected chi connectivity index (χ4v) is 5.91. The van der Waals surface area contributed by atoms with Crippen molar-refractivity contribution in [1.82, 2.24) is 4.98 Å². The highest BCUT2D eigenvalue weighted by atomic mass is 16.3. The average molecular weight is 386 g/mol. The first-order valence-electron chi connectivity index (χ1n) is 10.7. The van der Waals surface area contributed by atoms with Gasteiger partial charge in [0, 0.05) is 35.9 Å². The summed E-state index contributed by atoms with van der Waals surface area (Å²) in [6, 6.07) is 21.2. The number of aromatic nitrogens is 1. The largest absolute Gasteiger partial charge is 0.382 e. The van der Waals surface area contributed by atoms with Crippen LogP contribution in [-0.4, -0.2) is 33.7 Å². The van der Waals surface area contributed by atoms with Gasteiger partial charge in [-0.15, -0.1) is 6.58 Å². The van der Waals surface area contributed by atoms with Gasteiger partial charge in [-0.3, -0.25) is 4.98 Å². The summed E-state index contributed by atoms with van der Waals surface area (Å²) in [5.41, 5.74) is 3.33. The summed E-state index contributed by atoms with van der Waals surface area (Å²) >= 11 is 0. The zero-order chi connectivity index (χ0) is 19.8. The van der Waals surface area contributed by atoms with Gasteiger partial charge in [0.1, 0.15) is 18.7 Å². The van der Waals surface area contributed by atoms with Crippen molar-refractivity contribution < 1.29 is 9.59 Å². The number of nitrogens with zero attached hydrogens (tertiary/aromatic N) is 2. The van der Waals surface area contributed by atoms with E-state index in [2.05, 4.69) is 54.0 Å². The molecule has 3 aliphatic rings. The Morgan fingerprint density at radius 2 is 1.90 bits per heavy atom. The third-order valence-corrected chi connectivity index (χ3v) is 7.38. The summed E-state index contributed by atoms with van der Waals surface area (Å²) in [5.74, 6) is 1.18. The van der Waals surface area contributed by atoms with E-state index in [4.69, 9.17) is 0 Å². The second-order valence-corrected chi connectivity index (χ2v) is 8.88. The van der Waals surface area contributed by atoms with E-state index in [1.807, 2.05) is 30.5 Å². The second-order valence-electron chi connectivity index (χ2n) is 8.88. The van der Waals surface area contributed by atoms with E-state index in [-0.39, 0.29) is 6.04 Å². The molecule has 1 unspecified atom stereocenters. The van der Waals surface area contributed by atoms with Gasteiger partial charge < -0.3 is 9.59 Å². The highest BCUT2D eigenvalue weighted by Crippen LogP contribution is 2.47. The molecule has 2 bridgehead atoms. The van der Waals surface area contributed by atoms with Crippen molar-refractivity contribution in [2.45, 2.75) is 31.5 Å². The van der Waals surface area contributed by atoms with Gasteiger partial charge in [-0.2, -0.15) is 0 Å². The normalized spacial score (nSPS) is 29.6. The zero-order valence-corrected chi connectivity index (χ0v) is 16.8. The van der Waals surface area contributed by atoms with Crippen molar-refractivity contribution >= 4 is 10.9 Å². The predicted octanol–water partition coefficient (Wildman–Crippen LogP) is 4.88. The molecule has 3 aliphatic heterocycles. The molecule has 148 valence electrons. The first-order chi connectivity index (χ1) is 14.2. The Bertz CT molecular complexity index is 1010. The maximum Gasteiger partial charge on any atom is 0.131 e. The van der Waals surface area contributed by atoms with Crippen LogP contribution in [0.2, 0.25) is 0 Å². The molecule has 3 nitrogen and oxygen atoms in total. The van der Waals surface area contributed by atoms with Crippen LogP contribution in [0.15, 0.2) is 79.5 Å². The molecule has 0 saturated carbocycles. The number of benzene rings is 2. The zero-order valence-electron chi connectivity index (χ0n) is 16.8. The molecule has 1 aromatic heterocycles. The number of piperidine rings is 3. The number of fused-ring (bicyclic) bond motifs is 4. The smallest absolute Gasteiger partial charge is 0.131 e. The van der Waals surface area contributed by atoms with Crippen molar-refractivity contribution in [3.05, 3.63) is 90.6 Å². The Morgan fingerprint density at radius 3 is 2.72 bits per heavy atom. The summed E-state index contributed by atoms with van der Waals surface area (Å²) in [6.07, 6.45) is 5.79. The van der Waals surface area contributed by atoms with Crippen LogP contribution in [0, 0.1) is 11.8 Å². The van der Waals surface area contributed by atoms with Crippen LogP contribution in [0.3, 0.4) is 0 Å². The molecule has 1 N–H and O–H groups in total. The van der Waals surface area contributed by atoms with Gasteiger partial charge in [0.15, 0.2) is 0 Å². The molecule has 2 aromatic carbocycles. The monoisotopic (exact) mass is 385 g/mol. The number of para-hydroxylation sites is 1. The van der Waals surface area contributed by atoms with Crippen molar-refractivity contribution in [2.24, 2.45) is 11.8 Å². The minimum Gasteiger partial charge on any atom is -0.382 e. The third-order valence-electron chi connectivity index (χ3n) is 7.38. The molecule has 0 aliphatic carbocycles. The predicted molar refractivity (Wildman–Crippen MR) is 117 cm³/mol. The van der Waals surface area contributed by atoms with Gasteiger partial charge in [0.2, 0.25) is 0 Å². The first-order valence-corrected chi connectivity index (χ1v) is 10.7. The van der Waals surface area contributed by atoms with Gasteiger partial charge in [-0.05, 0) is 23.6 Å². The summed E-state index contributed by atoms with van der Waals surface area (Å²) in [7, 11) is 0. The van der Waals surface area contributed by atoms with E-state index in [0.29, 0.717) is 11.8 Å². The number of rotatable bonds is 5.